The van der Waals surface area contributed by atoms with Crippen LogP contribution in [0.1, 0.15) is 39.5 Å². The van der Waals surface area contributed by atoms with Crippen LogP contribution in [0.25, 0.3) is 0 Å². The Balaban J connectivity index is 2.77. The van der Waals surface area contributed by atoms with E-state index in [1.165, 1.54) is 18.3 Å². The summed E-state index contributed by atoms with van der Waals surface area (Å²) in [6.07, 6.45) is 5.48. The topological polar surface area (TPSA) is 93.6 Å². The Morgan fingerprint density at radius 2 is 2.26 bits per heavy atom. The average Bonchev–Trinajstić information content (AvgIpc) is 2.54. The molecule has 1 amide bonds. The molecule has 0 aromatic heterocycles. The van der Waals surface area contributed by atoms with E-state index in [-0.39, 0.29) is 12.1 Å². The molecule has 6 nitrogen and oxygen atoms in total. The van der Waals surface area contributed by atoms with Crippen molar-refractivity contribution in [1.82, 2.24) is 10.2 Å². The van der Waals surface area contributed by atoms with Crippen molar-refractivity contribution < 1.29 is 9.53 Å². The van der Waals surface area contributed by atoms with Crippen molar-refractivity contribution in [1.29, 1.82) is 0 Å². The fourth-order valence-corrected chi connectivity index (χ4v) is 3.15. The van der Waals surface area contributed by atoms with Gasteiger partial charge < -0.3 is 21.5 Å². The summed E-state index contributed by atoms with van der Waals surface area (Å²) in [6.45, 7) is 5.57. The summed E-state index contributed by atoms with van der Waals surface area (Å²) in [5.41, 5.74) is 15.1. The zero-order chi connectivity index (χ0) is 17.4. The minimum Gasteiger partial charge on any atom is -0.452 e. The minimum atomic E-state index is -0.327. The zero-order valence-corrected chi connectivity index (χ0v) is 14.9. The van der Waals surface area contributed by atoms with Gasteiger partial charge in [-0.3, -0.25) is 4.90 Å². The first-order valence-electron chi connectivity index (χ1n) is 8.31. The molecule has 1 aliphatic heterocycles. The lowest BCUT2D eigenvalue weighted by molar-refractivity contribution is 0.142. The van der Waals surface area contributed by atoms with Gasteiger partial charge in [0.1, 0.15) is 0 Å². The number of hydrogen-bond acceptors (Lipinski definition) is 5. The van der Waals surface area contributed by atoms with Crippen molar-refractivity contribution in [3.63, 3.8) is 0 Å². The second-order valence-electron chi connectivity index (χ2n) is 6.14. The molecule has 132 valence electrons. The fourth-order valence-electron chi connectivity index (χ4n) is 3.15. The maximum atomic E-state index is 11.7. The largest absolute Gasteiger partial charge is 0.452 e. The van der Waals surface area contributed by atoms with Crippen LogP contribution in [0.3, 0.4) is 0 Å². The fraction of sp³-hybridized carbons (Fsp3) is 0.706. The van der Waals surface area contributed by atoms with Gasteiger partial charge in [0.25, 0.3) is 0 Å². The van der Waals surface area contributed by atoms with E-state index in [0.717, 1.165) is 37.9 Å². The van der Waals surface area contributed by atoms with Gasteiger partial charge in [0.15, 0.2) is 0 Å². The second-order valence-corrected chi connectivity index (χ2v) is 6.14. The van der Waals surface area contributed by atoms with E-state index in [9.17, 15) is 4.79 Å². The van der Waals surface area contributed by atoms with Gasteiger partial charge in [-0.2, -0.15) is 0 Å². The lowest BCUT2D eigenvalue weighted by Crippen LogP contribution is -2.37. The third kappa shape index (κ3) is 5.97. The quantitative estimate of drug-likeness (QED) is 0.647. The summed E-state index contributed by atoms with van der Waals surface area (Å²) < 4.78 is 4.81. The number of allylic oxidation sites excluding steroid dienone is 1. The summed E-state index contributed by atoms with van der Waals surface area (Å²) in [5.74, 6) is 0. The second kappa shape index (κ2) is 9.70. The first-order valence-corrected chi connectivity index (χ1v) is 8.31. The molecule has 0 aliphatic carbocycles. The molecule has 1 rings (SSSR count). The number of rotatable bonds is 6. The van der Waals surface area contributed by atoms with E-state index in [2.05, 4.69) is 25.2 Å². The lowest BCUT2D eigenvalue weighted by atomic mass is 9.92. The Hall–Kier alpha value is -1.37. The molecule has 1 aliphatic rings. The number of nitrogens with one attached hydrogen (secondary N) is 1. The van der Waals surface area contributed by atoms with Gasteiger partial charge in [0.2, 0.25) is 0 Å². The van der Waals surface area contributed by atoms with Crippen LogP contribution in [0, 0.1) is 0 Å². The summed E-state index contributed by atoms with van der Waals surface area (Å²) in [6, 6.07) is 0.310. The molecule has 0 aromatic rings. The molecule has 0 aromatic carbocycles. The number of carbonyl (C=O) groups excluding carboxylic acids is 1. The van der Waals surface area contributed by atoms with Gasteiger partial charge in [-0.15, -0.1) is 0 Å². The molecule has 2 atom stereocenters. The Bertz CT molecular complexity index is 460. The molecule has 0 spiro atoms. The van der Waals surface area contributed by atoms with Crippen LogP contribution in [0.2, 0.25) is 0 Å². The molecule has 23 heavy (non-hydrogen) atoms. The molecular formula is C17H32N4O2. The lowest BCUT2D eigenvalue weighted by Gasteiger charge is -2.29. The van der Waals surface area contributed by atoms with Gasteiger partial charge in [-0.1, -0.05) is 24.1 Å². The molecule has 6 heteroatoms. The Kier molecular flexibility index (Phi) is 8.30. The molecule has 0 radical (unpaired) electrons. The van der Waals surface area contributed by atoms with Crippen molar-refractivity contribution in [3.05, 3.63) is 22.9 Å². The molecular weight excluding hydrogens is 292 g/mol. The zero-order valence-electron chi connectivity index (χ0n) is 14.9. The van der Waals surface area contributed by atoms with Gasteiger partial charge in [0.05, 0.1) is 7.11 Å². The number of nitrogens with two attached hydrogens (primary N) is 2. The van der Waals surface area contributed by atoms with Crippen LogP contribution in [0.5, 0.6) is 0 Å². The monoisotopic (exact) mass is 324 g/mol. The van der Waals surface area contributed by atoms with Gasteiger partial charge in [-0.25, -0.2) is 4.79 Å². The van der Waals surface area contributed by atoms with Crippen molar-refractivity contribution in [3.8, 4) is 0 Å². The van der Waals surface area contributed by atoms with Crippen LogP contribution in [-0.2, 0) is 4.74 Å². The molecule has 0 bridgehead atoms. The first kappa shape index (κ1) is 19.7. The summed E-state index contributed by atoms with van der Waals surface area (Å²) in [5, 5.41) is 3.55. The number of methoxy groups -OCH3 is 1. The maximum absolute atomic E-state index is 11.7. The van der Waals surface area contributed by atoms with Gasteiger partial charge in [0, 0.05) is 31.4 Å². The molecule has 1 heterocycles. The van der Waals surface area contributed by atoms with Crippen molar-refractivity contribution in [2.24, 2.45) is 11.5 Å². The van der Waals surface area contributed by atoms with Crippen molar-refractivity contribution in [2.45, 2.75) is 51.6 Å². The van der Waals surface area contributed by atoms with Crippen LogP contribution >= 0.6 is 0 Å². The van der Waals surface area contributed by atoms with Gasteiger partial charge >= 0.3 is 6.09 Å². The Morgan fingerprint density at radius 1 is 1.57 bits per heavy atom. The van der Waals surface area contributed by atoms with E-state index in [1.807, 2.05) is 0 Å². The maximum Gasteiger partial charge on any atom is 0.413 e. The van der Waals surface area contributed by atoms with Crippen LogP contribution in [0.15, 0.2) is 22.9 Å². The highest BCUT2D eigenvalue weighted by molar-refractivity contribution is 5.69. The normalized spacial score (nSPS) is 22.5. The van der Waals surface area contributed by atoms with E-state index < -0.39 is 0 Å². The molecule has 1 saturated heterocycles. The average molecular weight is 324 g/mol. The SMILES string of the molecule is CC/C(=C(/C)CC1C/C(=C/C(N)CN)CCN1)N(C)C(=O)OC. The summed E-state index contributed by atoms with van der Waals surface area (Å²) >= 11 is 0. The van der Waals surface area contributed by atoms with E-state index >= 15 is 0 Å². The van der Waals surface area contributed by atoms with E-state index in [4.69, 9.17) is 16.2 Å². The van der Waals surface area contributed by atoms with E-state index in [0.29, 0.717) is 12.6 Å². The Labute approximate surface area is 139 Å². The number of ether oxygens (including phenoxy) is 1. The smallest absolute Gasteiger partial charge is 0.413 e. The van der Waals surface area contributed by atoms with Crippen LogP contribution < -0.4 is 16.8 Å². The highest BCUT2D eigenvalue weighted by Crippen LogP contribution is 2.23. The van der Waals surface area contributed by atoms with E-state index in [1.54, 1.807) is 11.9 Å². The number of hydrogen-bond donors (Lipinski definition) is 3. The molecule has 1 fully saturated rings. The molecule has 0 saturated carbocycles. The Morgan fingerprint density at radius 3 is 2.83 bits per heavy atom. The predicted octanol–water partition coefficient (Wildman–Crippen LogP) is 1.72. The number of nitrogens with zero attached hydrogens (tertiary/aromatic N) is 1. The third-order valence-corrected chi connectivity index (χ3v) is 4.34. The number of piperidine rings is 1. The standard InChI is InChI=1S/C17H32N4O2/c1-5-16(21(3)17(22)23-4)12(2)8-15-10-13(6-7-20-15)9-14(19)11-18/h9,14-15,20H,5-8,10-11,18-19H2,1-4H3/b13-9+,16-12+. The van der Waals surface area contributed by atoms with Crippen LogP contribution in [0.4, 0.5) is 4.79 Å². The predicted molar refractivity (Wildman–Crippen MR) is 93.9 cm³/mol. The summed E-state index contributed by atoms with van der Waals surface area (Å²) in [4.78, 5) is 13.3. The first-order chi connectivity index (χ1) is 10.9. The van der Waals surface area contributed by atoms with Crippen molar-refractivity contribution in [2.75, 3.05) is 27.2 Å². The van der Waals surface area contributed by atoms with Gasteiger partial charge in [-0.05, 0) is 39.2 Å². The summed E-state index contributed by atoms with van der Waals surface area (Å²) in [7, 11) is 3.16. The molecule has 5 N–H and O–H groups in total. The highest BCUT2D eigenvalue weighted by atomic mass is 16.5. The number of amides is 1. The minimum absolute atomic E-state index is 0.0583. The van der Waals surface area contributed by atoms with Crippen LogP contribution in [-0.4, -0.2) is 50.3 Å². The highest BCUT2D eigenvalue weighted by Gasteiger charge is 2.20. The van der Waals surface area contributed by atoms with Crippen molar-refractivity contribution >= 4 is 6.09 Å². The number of carbonyl (C=O) groups is 1. The third-order valence-electron chi connectivity index (χ3n) is 4.34. The molecule has 2 unspecified atom stereocenters.